The van der Waals surface area contributed by atoms with Crippen molar-refractivity contribution in [2.24, 2.45) is 0 Å². The maximum Gasteiger partial charge on any atom is 0.110 e. The minimum Gasteiger partial charge on any atom is -0.389 e. The maximum absolute atomic E-state index is 9.41. The van der Waals surface area contributed by atoms with Crippen molar-refractivity contribution in [2.45, 2.75) is 24.4 Å². The third-order valence-corrected chi connectivity index (χ3v) is 2.13. The lowest BCUT2D eigenvalue weighted by atomic mass is 10.1. The standard InChI is InChI=1S/C7H15NO4/c1-12-5-3-8-2-4(9)6(10)7(5)11/h4-11H,2-3H2,1H3. The minimum absolute atomic E-state index is 0.276. The summed E-state index contributed by atoms with van der Waals surface area (Å²) >= 11 is 0. The fourth-order valence-electron chi connectivity index (χ4n) is 1.29. The van der Waals surface area contributed by atoms with Gasteiger partial charge in [0.2, 0.25) is 0 Å². The number of methoxy groups -OCH3 is 1. The lowest BCUT2D eigenvalue weighted by Crippen LogP contribution is -2.44. The monoisotopic (exact) mass is 177 g/mol. The second kappa shape index (κ2) is 4.15. The molecule has 1 rings (SSSR count). The Morgan fingerprint density at radius 2 is 1.83 bits per heavy atom. The zero-order chi connectivity index (χ0) is 9.14. The topological polar surface area (TPSA) is 82.0 Å². The molecule has 12 heavy (non-hydrogen) atoms. The normalized spacial score (nSPS) is 44.0. The summed E-state index contributed by atoms with van der Waals surface area (Å²) in [5, 5.41) is 30.8. The Bertz CT molecular complexity index is 141. The van der Waals surface area contributed by atoms with Crippen molar-refractivity contribution in [3.8, 4) is 0 Å². The molecule has 1 heterocycles. The van der Waals surface area contributed by atoms with E-state index in [2.05, 4.69) is 5.32 Å². The molecule has 1 aliphatic rings. The number of rotatable bonds is 1. The molecule has 5 heteroatoms. The van der Waals surface area contributed by atoms with Crippen LogP contribution >= 0.6 is 0 Å². The fraction of sp³-hybridized carbons (Fsp3) is 1.00. The van der Waals surface area contributed by atoms with Crippen molar-refractivity contribution in [1.82, 2.24) is 5.32 Å². The highest BCUT2D eigenvalue weighted by Gasteiger charge is 2.33. The Labute approximate surface area is 71.0 Å². The van der Waals surface area contributed by atoms with E-state index in [0.29, 0.717) is 6.54 Å². The molecule has 1 aliphatic heterocycles. The van der Waals surface area contributed by atoms with E-state index in [1.54, 1.807) is 0 Å². The van der Waals surface area contributed by atoms with Crippen LogP contribution in [0.3, 0.4) is 0 Å². The molecule has 0 saturated carbocycles. The number of aliphatic hydroxyl groups excluding tert-OH is 3. The van der Waals surface area contributed by atoms with E-state index in [4.69, 9.17) is 4.74 Å². The second-order valence-electron chi connectivity index (χ2n) is 2.98. The SMILES string of the molecule is COC1CNCC(O)C(O)C1O. The van der Waals surface area contributed by atoms with E-state index in [1.165, 1.54) is 7.11 Å². The van der Waals surface area contributed by atoms with Gasteiger partial charge in [-0.25, -0.2) is 0 Å². The molecule has 5 nitrogen and oxygen atoms in total. The number of β-amino-alcohol motifs (C(OH)–C–C–N with tert-alkyl or cyclic N) is 1. The van der Waals surface area contributed by atoms with Crippen LogP contribution in [0.2, 0.25) is 0 Å². The molecular formula is C7H15NO4. The van der Waals surface area contributed by atoms with Gasteiger partial charge in [-0.1, -0.05) is 0 Å². The lowest BCUT2D eigenvalue weighted by Gasteiger charge is -2.23. The van der Waals surface area contributed by atoms with Crippen LogP contribution in [0.25, 0.3) is 0 Å². The summed E-state index contributed by atoms with van der Waals surface area (Å²) < 4.78 is 4.92. The first kappa shape index (κ1) is 9.88. The molecule has 0 radical (unpaired) electrons. The van der Waals surface area contributed by atoms with Crippen LogP contribution in [0.5, 0.6) is 0 Å². The van der Waals surface area contributed by atoms with Gasteiger partial charge in [-0.15, -0.1) is 0 Å². The number of hydrogen-bond donors (Lipinski definition) is 4. The minimum atomic E-state index is -1.13. The maximum atomic E-state index is 9.41. The highest BCUT2D eigenvalue weighted by molar-refractivity contribution is 4.87. The van der Waals surface area contributed by atoms with Crippen molar-refractivity contribution in [1.29, 1.82) is 0 Å². The largest absolute Gasteiger partial charge is 0.389 e. The number of ether oxygens (including phenoxy) is 1. The van der Waals surface area contributed by atoms with E-state index in [-0.39, 0.29) is 6.54 Å². The zero-order valence-corrected chi connectivity index (χ0v) is 6.97. The fourth-order valence-corrected chi connectivity index (χ4v) is 1.29. The van der Waals surface area contributed by atoms with Crippen LogP contribution in [0.4, 0.5) is 0 Å². The third kappa shape index (κ3) is 1.94. The number of aliphatic hydroxyl groups is 3. The van der Waals surface area contributed by atoms with Gasteiger partial charge < -0.3 is 25.4 Å². The van der Waals surface area contributed by atoms with E-state index >= 15 is 0 Å². The molecule has 0 aromatic rings. The molecule has 0 amide bonds. The summed E-state index contributed by atoms with van der Waals surface area (Å²) in [7, 11) is 1.46. The molecule has 1 saturated heterocycles. The van der Waals surface area contributed by atoms with Gasteiger partial charge in [0, 0.05) is 20.2 Å². The van der Waals surface area contributed by atoms with Crippen molar-refractivity contribution in [3.05, 3.63) is 0 Å². The van der Waals surface area contributed by atoms with Gasteiger partial charge in [0.15, 0.2) is 0 Å². The number of nitrogens with one attached hydrogen (secondary N) is 1. The highest BCUT2D eigenvalue weighted by atomic mass is 16.5. The summed E-state index contributed by atoms with van der Waals surface area (Å²) in [5.41, 5.74) is 0. The zero-order valence-electron chi connectivity index (χ0n) is 6.97. The Morgan fingerprint density at radius 1 is 1.17 bits per heavy atom. The molecule has 4 atom stereocenters. The van der Waals surface area contributed by atoms with Gasteiger partial charge in [-0.05, 0) is 0 Å². The van der Waals surface area contributed by atoms with E-state index in [0.717, 1.165) is 0 Å². The highest BCUT2D eigenvalue weighted by Crippen LogP contribution is 2.09. The summed E-state index contributed by atoms with van der Waals surface area (Å²) in [6.45, 7) is 0.712. The Balaban J connectivity index is 2.59. The molecule has 0 aliphatic carbocycles. The van der Waals surface area contributed by atoms with Gasteiger partial charge in [-0.3, -0.25) is 0 Å². The van der Waals surface area contributed by atoms with Crippen LogP contribution in [0.15, 0.2) is 0 Å². The molecule has 0 aromatic heterocycles. The van der Waals surface area contributed by atoms with Crippen molar-refractivity contribution >= 4 is 0 Å². The molecule has 0 aromatic carbocycles. The third-order valence-electron chi connectivity index (χ3n) is 2.13. The predicted octanol–water partition coefficient (Wildman–Crippen LogP) is -2.31. The van der Waals surface area contributed by atoms with E-state index in [9.17, 15) is 15.3 Å². The Kier molecular flexibility index (Phi) is 3.42. The quantitative estimate of drug-likeness (QED) is 0.362. The average Bonchev–Trinajstić information content (AvgIpc) is 2.19. The summed E-state index contributed by atoms with van der Waals surface area (Å²) in [6, 6.07) is 0. The molecule has 72 valence electrons. The first-order valence-electron chi connectivity index (χ1n) is 3.94. The van der Waals surface area contributed by atoms with Gasteiger partial charge in [0.25, 0.3) is 0 Å². The van der Waals surface area contributed by atoms with Gasteiger partial charge >= 0.3 is 0 Å². The first-order chi connectivity index (χ1) is 5.66. The van der Waals surface area contributed by atoms with Crippen molar-refractivity contribution in [3.63, 3.8) is 0 Å². The van der Waals surface area contributed by atoms with Crippen LogP contribution in [-0.2, 0) is 4.74 Å². The molecule has 1 fully saturated rings. The smallest absolute Gasteiger partial charge is 0.110 e. The van der Waals surface area contributed by atoms with Gasteiger partial charge in [0.05, 0.1) is 12.2 Å². The predicted molar refractivity (Wildman–Crippen MR) is 41.7 cm³/mol. The molecule has 0 spiro atoms. The van der Waals surface area contributed by atoms with Gasteiger partial charge in [0.1, 0.15) is 12.2 Å². The van der Waals surface area contributed by atoms with Crippen LogP contribution in [-0.4, -0.2) is 59.9 Å². The second-order valence-corrected chi connectivity index (χ2v) is 2.98. The van der Waals surface area contributed by atoms with E-state index in [1.807, 2.05) is 0 Å². The molecule has 4 unspecified atom stereocenters. The molecule has 4 N–H and O–H groups in total. The van der Waals surface area contributed by atoms with Crippen LogP contribution < -0.4 is 5.32 Å². The van der Waals surface area contributed by atoms with Crippen molar-refractivity contribution < 1.29 is 20.1 Å². The average molecular weight is 177 g/mol. The summed E-state index contributed by atoms with van der Waals surface area (Å²) in [4.78, 5) is 0. The summed E-state index contributed by atoms with van der Waals surface area (Å²) in [5.74, 6) is 0. The lowest BCUT2D eigenvalue weighted by molar-refractivity contribution is -0.0991. The Morgan fingerprint density at radius 3 is 2.42 bits per heavy atom. The molecular weight excluding hydrogens is 162 g/mol. The Hall–Kier alpha value is -0.200. The molecule has 0 bridgehead atoms. The van der Waals surface area contributed by atoms with Gasteiger partial charge in [-0.2, -0.15) is 0 Å². The summed E-state index contributed by atoms with van der Waals surface area (Å²) in [6.07, 6.45) is -3.55. The first-order valence-corrected chi connectivity index (χ1v) is 3.94. The number of hydrogen-bond acceptors (Lipinski definition) is 5. The van der Waals surface area contributed by atoms with E-state index < -0.39 is 24.4 Å². The van der Waals surface area contributed by atoms with Crippen molar-refractivity contribution in [2.75, 3.05) is 20.2 Å². The van der Waals surface area contributed by atoms with Crippen LogP contribution in [0, 0.1) is 0 Å². The van der Waals surface area contributed by atoms with Crippen LogP contribution in [0.1, 0.15) is 0 Å².